The molecule has 16 aromatic carbocycles. The topological polar surface area (TPSA) is 41.6 Å². The number of para-hydroxylation sites is 4. The van der Waals surface area contributed by atoms with E-state index in [2.05, 4.69) is 390 Å². The predicted molar refractivity (Wildman–Crippen MR) is 429 cm³/mol. The van der Waals surface area contributed by atoms with Gasteiger partial charge >= 0.3 is 0 Å². The van der Waals surface area contributed by atoms with Crippen LogP contribution in [0, 0.1) is 0 Å². The Balaban J connectivity index is 0.000000130. The van der Waals surface area contributed by atoms with Gasteiger partial charge in [0, 0.05) is 65.6 Å². The van der Waals surface area contributed by atoms with Crippen molar-refractivity contribution in [3.8, 4) is 89.0 Å². The van der Waals surface area contributed by atoms with Crippen molar-refractivity contribution in [2.24, 2.45) is 0 Å². The first-order valence-electron chi connectivity index (χ1n) is 34.0. The quantitative estimate of drug-likeness (QED) is 0.125. The number of nitrogens with one attached hydrogen (secondary N) is 1. The average molecular weight is 1360 g/mol. The molecular formula is C96H67BrN2O2. The molecule has 5 heteroatoms. The lowest BCUT2D eigenvalue weighted by atomic mass is 9.97. The molecule has 480 valence electrons. The zero-order valence-corrected chi connectivity index (χ0v) is 56.8. The van der Waals surface area contributed by atoms with E-state index in [4.69, 9.17) is 8.83 Å². The van der Waals surface area contributed by atoms with Crippen molar-refractivity contribution in [3.05, 3.63) is 405 Å². The lowest BCUT2D eigenvalue weighted by Gasteiger charge is -2.27. The number of furan rings is 2. The second-order valence-corrected chi connectivity index (χ2v) is 25.9. The molecule has 0 saturated carbocycles. The zero-order valence-electron chi connectivity index (χ0n) is 55.2. The van der Waals surface area contributed by atoms with Crippen LogP contribution in [0.15, 0.2) is 414 Å². The summed E-state index contributed by atoms with van der Waals surface area (Å²) in [6.07, 6.45) is 0. The van der Waals surface area contributed by atoms with Crippen LogP contribution in [0.25, 0.3) is 133 Å². The van der Waals surface area contributed by atoms with Crippen LogP contribution < -0.4 is 10.2 Å². The van der Waals surface area contributed by atoms with Gasteiger partial charge in [-0.3, -0.25) is 0 Å². The van der Waals surface area contributed by atoms with Crippen LogP contribution in [0.1, 0.15) is 0 Å². The van der Waals surface area contributed by atoms with Crippen molar-refractivity contribution in [1.29, 1.82) is 0 Å². The molecule has 18 rings (SSSR count). The smallest absolute Gasteiger partial charge is 0.143 e. The highest BCUT2D eigenvalue weighted by Gasteiger charge is 2.18. The molecule has 0 bridgehead atoms. The van der Waals surface area contributed by atoms with E-state index in [1.165, 1.54) is 55.6 Å². The summed E-state index contributed by atoms with van der Waals surface area (Å²) < 4.78 is 13.7. The maximum absolute atomic E-state index is 6.38. The average Bonchev–Trinajstić information content (AvgIpc) is 1.62. The fraction of sp³-hybridized carbons (Fsp3) is 0. The summed E-state index contributed by atoms with van der Waals surface area (Å²) in [6.45, 7) is 0. The van der Waals surface area contributed by atoms with Gasteiger partial charge in [-0.15, -0.1) is 0 Å². The standard InChI is InChI=1S/C48H33NO.C24H15BrO.C24H19N/c1-3-13-34(14-4-1)38-18-10-21-42(32-38)49(43-22-11-19-39(33-43)35-15-5-2-6-16-35)41-29-27-36(28-30-41)37-17-9-20-40(31-37)44-24-12-25-46-45-23-7-8-26-47(45)50-48(44)46;25-19-13-11-16(12-14-19)17-5-3-6-18(15-17)20-8-4-9-22-21-7-1-2-10-23(21)26-24(20)22;1-3-9-19(10-4-1)21-13-7-15-23(17-21)25-24-16-8-14-22(18-24)20-11-5-2-6-12-20/h1-33H;1-15H;1-18,25H. The largest absolute Gasteiger partial charge is 0.455 e. The summed E-state index contributed by atoms with van der Waals surface area (Å²) in [7, 11) is 0. The van der Waals surface area contributed by atoms with Gasteiger partial charge in [-0.1, -0.05) is 319 Å². The Hall–Kier alpha value is -12.8. The Morgan fingerprint density at radius 3 is 0.921 bits per heavy atom. The summed E-state index contributed by atoms with van der Waals surface area (Å²) in [5.74, 6) is 0. The van der Waals surface area contributed by atoms with Crippen molar-refractivity contribution in [1.82, 2.24) is 0 Å². The zero-order chi connectivity index (χ0) is 67.7. The molecule has 1 N–H and O–H groups in total. The molecule has 0 radical (unpaired) electrons. The first-order valence-corrected chi connectivity index (χ1v) is 34.8. The molecule has 2 aromatic heterocycles. The molecular weight excluding hydrogens is 1290 g/mol. The minimum absolute atomic E-state index is 0.912. The van der Waals surface area contributed by atoms with Crippen LogP contribution in [0.4, 0.5) is 28.4 Å². The van der Waals surface area contributed by atoms with Gasteiger partial charge in [0.2, 0.25) is 0 Å². The molecule has 0 fully saturated rings. The van der Waals surface area contributed by atoms with Gasteiger partial charge in [-0.2, -0.15) is 0 Å². The Morgan fingerprint density at radius 2 is 0.505 bits per heavy atom. The molecule has 0 aliphatic rings. The molecule has 0 unspecified atom stereocenters. The molecule has 0 aliphatic heterocycles. The molecule has 0 saturated heterocycles. The highest BCUT2D eigenvalue weighted by Crippen LogP contribution is 2.42. The number of anilines is 5. The SMILES string of the molecule is Brc1ccc(-c2cccc(-c3cccc4c3oc3ccccc34)c2)cc1.c1ccc(-c2cccc(N(c3ccc(-c4cccc(-c5cccc6c5oc5ccccc56)c4)cc3)c3cccc(-c4ccccc4)c3)c2)cc1.c1ccc(-c2cccc(Nc3cccc(-c4ccccc4)c3)c2)cc1. The molecule has 0 amide bonds. The van der Waals surface area contributed by atoms with Crippen molar-refractivity contribution >= 4 is 88.2 Å². The van der Waals surface area contributed by atoms with Crippen LogP contribution in [-0.4, -0.2) is 0 Å². The normalized spacial score (nSPS) is 11.0. The number of nitrogens with zero attached hydrogens (tertiary/aromatic N) is 1. The van der Waals surface area contributed by atoms with Crippen LogP contribution >= 0.6 is 15.9 Å². The molecule has 4 nitrogen and oxygen atoms in total. The number of hydrogen-bond donors (Lipinski definition) is 1. The number of benzene rings is 16. The second kappa shape index (κ2) is 29.1. The fourth-order valence-electron chi connectivity index (χ4n) is 13.5. The van der Waals surface area contributed by atoms with E-state index in [0.29, 0.717) is 0 Å². The van der Waals surface area contributed by atoms with E-state index < -0.39 is 0 Å². The van der Waals surface area contributed by atoms with E-state index in [9.17, 15) is 0 Å². The van der Waals surface area contributed by atoms with Gasteiger partial charge in [-0.25, -0.2) is 0 Å². The van der Waals surface area contributed by atoms with E-state index in [1.54, 1.807) is 0 Å². The van der Waals surface area contributed by atoms with Crippen molar-refractivity contribution in [2.75, 3.05) is 10.2 Å². The van der Waals surface area contributed by atoms with Gasteiger partial charge in [0.1, 0.15) is 22.3 Å². The Kier molecular flexibility index (Phi) is 18.1. The highest BCUT2D eigenvalue weighted by molar-refractivity contribution is 9.10. The number of hydrogen-bond acceptors (Lipinski definition) is 4. The van der Waals surface area contributed by atoms with Gasteiger partial charge < -0.3 is 19.1 Å². The Labute approximate surface area is 597 Å². The third-order valence-electron chi connectivity index (χ3n) is 18.4. The van der Waals surface area contributed by atoms with E-state index in [1.807, 2.05) is 36.4 Å². The highest BCUT2D eigenvalue weighted by atomic mass is 79.9. The lowest BCUT2D eigenvalue weighted by Crippen LogP contribution is -2.10. The minimum atomic E-state index is 0.912. The molecule has 0 spiro atoms. The van der Waals surface area contributed by atoms with Gasteiger partial charge in [0.25, 0.3) is 0 Å². The summed E-state index contributed by atoms with van der Waals surface area (Å²) in [5.41, 5.74) is 28.0. The number of rotatable bonds is 13. The number of halogens is 1. The van der Waals surface area contributed by atoms with E-state index >= 15 is 0 Å². The van der Waals surface area contributed by atoms with Crippen molar-refractivity contribution in [3.63, 3.8) is 0 Å². The molecule has 2 heterocycles. The summed E-state index contributed by atoms with van der Waals surface area (Å²) in [6, 6.07) is 141. The minimum Gasteiger partial charge on any atom is -0.455 e. The van der Waals surface area contributed by atoms with Crippen molar-refractivity contribution < 1.29 is 8.83 Å². The fourth-order valence-corrected chi connectivity index (χ4v) is 13.7. The van der Waals surface area contributed by atoms with Crippen molar-refractivity contribution in [2.45, 2.75) is 0 Å². The maximum atomic E-state index is 6.38. The molecule has 0 aliphatic carbocycles. The van der Waals surface area contributed by atoms with Crippen LogP contribution in [-0.2, 0) is 0 Å². The van der Waals surface area contributed by atoms with Gasteiger partial charge in [-0.05, 0) is 175 Å². The maximum Gasteiger partial charge on any atom is 0.143 e. The first kappa shape index (κ1) is 63.0. The van der Waals surface area contributed by atoms with E-state index in [0.717, 1.165) is 110 Å². The third-order valence-corrected chi connectivity index (χ3v) is 19.0. The summed E-state index contributed by atoms with van der Waals surface area (Å²) >= 11 is 3.50. The summed E-state index contributed by atoms with van der Waals surface area (Å²) in [4.78, 5) is 2.35. The third kappa shape index (κ3) is 13.9. The van der Waals surface area contributed by atoms with E-state index in [-0.39, 0.29) is 0 Å². The summed E-state index contributed by atoms with van der Waals surface area (Å²) in [5, 5.41) is 8.13. The Morgan fingerprint density at radius 1 is 0.208 bits per heavy atom. The van der Waals surface area contributed by atoms with Crippen LogP contribution in [0.2, 0.25) is 0 Å². The first-order chi connectivity index (χ1) is 50.0. The van der Waals surface area contributed by atoms with Crippen LogP contribution in [0.3, 0.4) is 0 Å². The molecule has 0 atom stereocenters. The second-order valence-electron chi connectivity index (χ2n) is 25.0. The monoisotopic (exact) mass is 1360 g/mol. The predicted octanol–water partition coefficient (Wildman–Crippen LogP) is 28.2. The number of fused-ring (bicyclic) bond motifs is 6. The van der Waals surface area contributed by atoms with Gasteiger partial charge in [0.05, 0.1) is 0 Å². The lowest BCUT2D eigenvalue weighted by molar-refractivity contribution is 0.669. The van der Waals surface area contributed by atoms with Crippen LogP contribution in [0.5, 0.6) is 0 Å². The molecule has 18 aromatic rings. The van der Waals surface area contributed by atoms with Gasteiger partial charge in [0.15, 0.2) is 0 Å². The Bertz CT molecular complexity index is 5700. The molecule has 101 heavy (non-hydrogen) atoms.